The first-order valence-corrected chi connectivity index (χ1v) is 5.21. The first kappa shape index (κ1) is 10.7. The number of hydrogen-bond acceptors (Lipinski definition) is 4. The highest BCUT2D eigenvalue weighted by Gasteiger charge is 1.95. The minimum Gasteiger partial charge on any atom is -0.307 e. The van der Waals surface area contributed by atoms with Crippen LogP contribution in [0.2, 0.25) is 0 Å². The molecular weight excluding hydrogens is 200 g/mol. The van der Waals surface area contributed by atoms with Gasteiger partial charge in [0.25, 0.3) is 0 Å². The number of pyridine rings is 1. The second-order valence-electron chi connectivity index (χ2n) is 3.67. The fraction of sp³-hybridized carbons (Fsp3) is 0.250. The lowest BCUT2D eigenvalue weighted by atomic mass is 10.2. The van der Waals surface area contributed by atoms with Gasteiger partial charge in [-0.15, -0.1) is 0 Å². The quantitative estimate of drug-likeness (QED) is 0.837. The first-order chi connectivity index (χ1) is 7.84. The maximum atomic E-state index is 4.14. The summed E-state index contributed by atoms with van der Waals surface area (Å²) in [7, 11) is 0. The van der Waals surface area contributed by atoms with Crippen LogP contribution in [0.3, 0.4) is 0 Å². The fourth-order valence-corrected chi connectivity index (χ4v) is 1.47. The van der Waals surface area contributed by atoms with E-state index in [1.807, 2.05) is 25.4 Å². The van der Waals surface area contributed by atoms with Crippen molar-refractivity contribution in [2.75, 3.05) is 0 Å². The zero-order chi connectivity index (χ0) is 11.2. The SMILES string of the molecule is Cc1cncc(CNCc2ccncn2)c1. The summed E-state index contributed by atoms with van der Waals surface area (Å²) in [5.74, 6) is 0. The van der Waals surface area contributed by atoms with Gasteiger partial charge in [-0.1, -0.05) is 6.07 Å². The molecule has 4 nitrogen and oxygen atoms in total. The summed E-state index contributed by atoms with van der Waals surface area (Å²) in [4.78, 5) is 12.2. The molecule has 0 aliphatic heterocycles. The van der Waals surface area contributed by atoms with E-state index in [-0.39, 0.29) is 0 Å². The van der Waals surface area contributed by atoms with Crippen molar-refractivity contribution in [3.05, 3.63) is 53.9 Å². The predicted molar refractivity (Wildman–Crippen MR) is 61.5 cm³/mol. The molecule has 0 spiro atoms. The van der Waals surface area contributed by atoms with Gasteiger partial charge in [0.1, 0.15) is 6.33 Å². The molecule has 2 heterocycles. The molecule has 2 aromatic heterocycles. The van der Waals surface area contributed by atoms with Gasteiger partial charge in [-0.05, 0) is 24.1 Å². The molecule has 0 radical (unpaired) electrons. The Balaban J connectivity index is 1.85. The Hall–Kier alpha value is -1.81. The molecule has 0 atom stereocenters. The molecule has 4 heteroatoms. The molecule has 0 saturated heterocycles. The first-order valence-electron chi connectivity index (χ1n) is 5.21. The van der Waals surface area contributed by atoms with E-state index in [2.05, 4.69) is 26.3 Å². The highest BCUT2D eigenvalue weighted by atomic mass is 14.9. The number of aryl methyl sites for hydroxylation is 1. The minimum absolute atomic E-state index is 0.746. The van der Waals surface area contributed by atoms with Crippen LogP contribution in [0.1, 0.15) is 16.8 Å². The third-order valence-electron chi connectivity index (χ3n) is 2.21. The summed E-state index contributed by atoms with van der Waals surface area (Å²) in [6, 6.07) is 4.03. The van der Waals surface area contributed by atoms with Crippen LogP contribution in [-0.2, 0) is 13.1 Å². The van der Waals surface area contributed by atoms with Crippen LogP contribution in [0.25, 0.3) is 0 Å². The molecule has 1 N–H and O–H groups in total. The molecule has 16 heavy (non-hydrogen) atoms. The fourth-order valence-electron chi connectivity index (χ4n) is 1.47. The largest absolute Gasteiger partial charge is 0.307 e. The Kier molecular flexibility index (Phi) is 3.56. The van der Waals surface area contributed by atoms with Crippen molar-refractivity contribution in [3.8, 4) is 0 Å². The zero-order valence-electron chi connectivity index (χ0n) is 9.22. The summed E-state index contributed by atoms with van der Waals surface area (Å²) in [6.45, 7) is 3.59. The third kappa shape index (κ3) is 3.10. The number of rotatable bonds is 4. The van der Waals surface area contributed by atoms with Crippen molar-refractivity contribution in [2.45, 2.75) is 20.0 Å². The zero-order valence-corrected chi connectivity index (χ0v) is 9.22. The van der Waals surface area contributed by atoms with Crippen LogP contribution in [-0.4, -0.2) is 15.0 Å². The average molecular weight is 214 g/mol. The standard InChI is InChI=1S/C12H14N4/c1-10-4-11(6-14-5-10)7-15-8-12-2-3-13-9-16-12/h2-6,9,15H,7-8H2,1H3. The van der Waals surface area contributed by atoms with E-state index in [0.29, 0.717) is 0 Å². The second kappa shape index (κ2) is 5.32. The van der Waals surface area contributed by atoms with Crippen molar-refractivity contribution >= 4 is 0 Å². The molecule has 0 amide bonds. The van der Waals surface area contributed by atoms with Crippen LogP contribution in [0.15, 0.2) is 37.1 Å². The molecule has 0 fully saturated rings. The Morgan fingerprint density at radius 2 is 2.12 bits per heavy atom. The lowest BCUT2D eigenvalue weighted by Gasteiger charge is -2.04. The molecular formula is C12H14N4. The van der Waals surface area contributed by atoms with Crippen molar-refractivity contribution in [3.63, 3.8) is 0 Å². The van der Waals surface area contributed by atoms with Crippen LogP contribution in [0.5, 0.6) is 0 Å². The molecule has 0 bridgehead atoms. The number of nitrogens with zero attached hydrogens (tertiary/aromatic N) is 3. The van der Waals surface area contributed by atoms with E-state index >= 15 is 0 Å². The molecule has 82 valence electrons. The molecule has 0 unspecified atom stereocenters. The van der Waals surface area contributed by atoms with Crippen molar-refractivity contribution in [2.24, 2.45) is 0 Å². The van der Waals surface area contributed by atoms with Crippen molar-refractivity contribution in [1.29, 1.82) is 0 Å². The van der Waals surface area contributed by atoms with E-state index < -0.39 is 0 Å². The highest BCUT2D eigenvalue weighted by molar-refractivity contribution is 5.16. The highest BCUT2D eigenvalue weighted by Crippen LogP contribution is 2.01. The van der Waals surface area contributed by atoms with Crippen LogP contribution >= 0.6 is 0 Å². The van der Waals surface area contributed by atoms with Crippen LogP contribution in [0.4, 0.5) is 0 Å². The van der Waals surface area contributed by atoms with Crippen LogP contribution < -0.4 is 5.32 Å². The van der Waals surface area contributed by atoms with Gasteiger partial charge in [-0.25, -0.2) is 9.97 Å². The normalized spacial score (nSPS) is 10.3. The van der Waals surface area contributed by atoms with E-state index in [4.69, 9.17) is 0 Å². The van der Waals surface area contributed by atoms with E-state index in [1.165, 1.54) is 11.1 Å². The third-order valence-corrected chi connectivity index (χ3v) is 2.21. The summed E-state index contributed by atoms with van der Waals surface area (Å²) < 4.78 is 0. The Morgan fingerprint density at radius 3 is 2.88 bits per heavy atom. The second-order valence-corrected chi connectivity index (χ2v) is 3.67. The summed E-state index contributed by atoms with van der Waals surface area (Å²) in [6.07, 6.45) is 7.04. The topological polar surface area (TPSA) is 50.7 Å². The smallest absolute Gasteiger partial charge is 0.115 e. The predicted octanol–water partition coefficient (Wildman–Crippen LogP) is 1.47. The van der Waals surface area contributed by atoms with Gasteiger partial charge < -0.3 is 5.32 Å². The van der Waals surface area contributed by atoms with Gasteiger partial charge in [0.05, 0.1) is 5.69 Å². The van der Waals surface area contributed by atoms with Crippen LogP contribution in [0, 0.1) is 6.92 Å². The lowest BCUT2D eigenvalue weighted by Crippen LogP contribution is -2.13. The van der Waals surface area contributed by atoms with Gasteiger partial charge in [0, 0.05) is 31.7 Å². The van der Waals surface area contributed by atoms with Gasteiger partial charge in [-0.3, -0.25) is 4.98 Å². The molecule has 2 aromatic rings. The number of nitrogens with one attached hydrogen (secondary N) is 1. The molecule has 0 saturated carbocycles. The molecule has 0 aliphatic rings. The number of aromatic nitrogens is 3. The number of hydrogen-bond donors (Lipinski definition) is 1. The summed E-state index contributed by atoms with van der Waals surface area (Å²) in [5.41, 5.74) is 3.37. The van der Waals surface area contributed by atoms with Gasteiger partial charge in [0.2, 0.25) is 0 Å². The van der Waals surface area contributed by atoms with Gasteiger partial charge in [-0.2, -0.15) is 0 Å². The molecule has 2 rings (SSSR count). The Bertz CT molecular complexity index is 442. The van der Waals surface area contributed by atoms with Crippen molar-refractivity contribution < 1.29 is 0 Å². The monoisotopic (exact) mass is 214 g/mol. The van der Waals surface area contributed by atoms with E-state index in [0.717, 1.165) is 18.8 Å². The van der Waals surface area contributed by atoms with Gasteiger partial charge >= 0.3 is 0 Å². The Morgan fingerprint density at radius 1 is 1.19 bits per heavy atom. The average Bonchev–Trinajstić information content (AvgIpc) is 2.30. The maximum Gasteiger partial charge on any atom is 0.115 e. The lowest BCUT2D eigenvalue weighted by molar-refractivity contribution is 0.675. The summed E-state index contributed by atoms with van der Waals surface area (Å²) in [5, 5.41) is 3.31. The summed E-state index contributed by atoms with van der Waals surface area (Å²) >= 11 is 0. The maximum absolute atomic E-state index is 4.14. The van der Waals surface area contributed by atoms with Gasteiger partial charge in [0.15, 0.2) is 0 Å². The van der Waals surface area contributed by atoms with E-state index in [1.54, 1.807) is 12.5 Å². The van der Waals surface area contributed by atoms with Crippen molar-refractivity contribution in [1.82, 2.24) is 20.3 Å². The molecule has 0 aromatic carbocycles. The molecule has 0 aliphatic carbocycles. The van der Waals surface area contributed by atoms with E-state index in [9.17, 15) is 0 Å². The minimum atomic E-state index is 0.746. The Labute approximate surface area is 94.8 Å².